The van der Waals surface area contributed by atoms with E-state index in [0.29, 0.717) is 6.10 Å². The lowest BCUT2D eigenvalue weighted by atomic mass is 9.86. The van der Waals surface area contributed by atoms with Crippen molar-refractivity contribution in [2.75, 3.05) is 47.0 Å². The largest absolute Gasteiger partial charge is 0.385 e. The number of likely N-dealkylation sites (tertiary alicyclic amines) is 1. The van der Waals surface area contributed by atoms with Crippen molar-refractivity contribution in [2.45, 2.75) is 58.5 Å². The molecule has 0 bridgehead atoms. The molecule has 172 valence electrons. The maximum atomic E-state index is 5.97. The predicted octanol–water partition coefficient (Wildman–Crippen LogP) is 4.75. The zero-order valence-corrected chi connectivity index (χ0v) is 21.7. The molecule has 1 aliphatic rings. The van der Waals surface area contributed by atoms with Gasteiger partial charge in [0.2, 0.25) is 0 Å². The fourth-order valence-corrected chi connectivity index (χ4v) is 3.84. The molecular formula is C24H42IN3O2. The van der Waals surface area contributed by atoms with Gasteiger partial charge in [0, 0.05) is 47.0 Å². The monoisotopic (exact) mass is 531 g/mol. The highest BCUT2D eigenvalue weighted by atomic mass is 127. The van der Waals surface area contributed by atoms with Gasteiger partial charge in [0.25, 0.3) is 0 Å². The first kappa shape index (κ1) is 27.2. The summed E-state index contributed by atoms with van der Waals surface area (Å²) in [6.45, 7) is 9.21. The van der Waals surface area contributed by atoms with E-state index in [1.165, 1.54) is 18.4 Å². The van der Waals surface area contributed by atoms with Crippen molar-refractivity contribution in [1.29, 1.82) is 0 Å². The number of halogens is 1. The number of piperidine rings is 1. The smallest absolute Gasteiger partial charge is 0.193 e. The molecule has 0 aliphatic carbocycles. The quantitative estimate of drug-likeness (QED) is 0.194. The summed E-state index contributed by atoms with van der Waals surface area (Å²) in [5.41, 5.74) is 1.67. The van der Waals surface area contributed by atoms with E-state index in [9.17, 15) is 0 Å². The lowest BCUT2D eigenvalue weighted by Crippen LogP contribution is -2.49. The van der Waals surface area contributed by atoms with Crippen molar-refractivity contribution in [3.8, 4) is 0 Å². The second-order valence-corrected chi connectivity index (χ2v) is 8.81. The van der Waals surface area contributed by atoms with Gasteiger partial charge in [-0.05, 0) is 49.5 Å². The lowest BCUT2D eigenvalue weighted by Gasteiger charge is -2.35. The standard InChI is InChI=1S/C24H41N3O2.HI/c1-24(2,15-8-12-21-10-6-5-7-11-21)20-26-23(25-3)27-16-13-22(14-17-27)29-19-9-18-28-4;/h5-7,10-11,22H,8-9,12-20H2,1-4H3,(H,25,26);1H. The van der Waals surface area contributed by atoms with Gasteiger partial charge in [-0.3, -0.25) is 4.99 Å². The van der Waals surface area contributed by atoms with Crippen LogP contribution in [0, 0.1) is 5.41 Å². The number of aliphatic imine (C=N–C) groups is 1. The molecule has 30 heavy (non-hydrogen) atoms. The van der Waals surface area contributed by atoms with Gasteiger partial charge in [-0.2, -0.15) is 0 Å². The fourth-order valence-electron chi connectivity index (χ4n) is 3.84. The number of nitrogens with zero attached hydrogens (tertiary/aromatic N) is 2. The summed E-state index contributed by atoms with van der Waals surface area (Å²) in [6.07, 6.45) is 7.03. The number of hydrogen-bond donors (Lipinski definition) is 1. The first-order chi connectivity index (χ1) is 14.0. The molecule has 0 spiro atoms. The maximum absolute atomic E-state index is 5.97. The van der Waals surface area contributed by atoms with E-state index in [2.05, 4.69) is 59.4 Å². The molecule has 5 nitrogen and oxygen atoms in total. The third-order valence-corrected chi connectivity index (χ3v) is 5.69. The summed E-state index contributed by atoms with van der Waals surface area (Å²) in [5.74, 6) is 1.03. The van der Waals surface area contributed by atoms with Crippen LogP contribution in [0.25, 0.3) is 0 Å². The van der Waals surface area contributed by atoms with Crippen molar-refractivity contribution in [3.05, 3.63) is 35.9 Å². The van der Waals surface area contributed by atoms with Gasteiger partial charge in [-0.25, -0.2) is 0 Å². The second kappa shape index (κ2) is 15.0. The lowest BCUT2D eigenvalue weighted by molar-refractivity contribution is 0.00983. The van der Waals surface area contributed by atoms with Crippen LogP contribution >= 0.6 is 24.0 Å². The van der Waals surface area contributed by atoms with Gasteiger partial charge in [0.15, 0.2) is 5.96 Å². The Morgan fingerprint density at radius 2 is 1.83 bits per heavy atom. The molecule has 0 saturated carbocycles. The Morgan fingerprint density at radius 3 is 2.47 bits per heavy atom. The third-order valence-electron chi connectivity index (χ3n) is 5.69. The number of aryl methyl sites for hydroxylation is 1. The Hall–Kier alpha value is -0.860. The van der Waals surface area contributed by atoms with Gasteiger partial charge in [0.1, 0.15) is 0 Å². The fraction of sp³-hybridized carbons (Fsp3) is 0.708. The van der Waals surface area contributed by atoms with Crippen LogP contribution < -0.4 is 5.32 Å². The van der Waals surface area contributed by atoms with Gasteiger partial charge in [0.05, 0.1) is 6.10 Å². The topological polar surface area (TPSA) is 46.1 Å². The minimum atomic E-state index is 0. The average molecular weight is 532 g/mol. The van der Waals surface area contributed by atoms with E-state index in [1.54, 1.807) is 7.11 Å². The van der Waals surface area contributed by atoms with Crippen molar-refractivity contribution in [1.82, 2.24) is 10.2 Å². The Morgan fingerprint density at radius 1 is 1.13 bits per heavy atom. The molecule has 0 atom stereocenters. The van der Waals surface area contributed by atoms with Crippen LogP contribution in [0.1, 0.15) is 51.5 Å². The van der Waals surface area contributed by atoms with E-state index in [4.69, 9.17) is 9.47 Å². The average Bonchev–Trinajstić information content (AvgIpc) is 2.73. The molecule has 2 rings (SSSR count). The molecule has 0 aromatic heterocycles. The Kier molecular flexibility index (Phi) is 13.6. The van der Waals surface area contributed by atoms with Crippen molar-refractivity contribution in [3.63, 3.8) is 0 Å². The molecule has 0 amide bonds. The number of nitrogens with one attached hydrogen (secondary N) is 1. The van der Waals surface area contributed by atoms with E-state index in [1.807, 2.05) is 7.05 Å². The molecule has 1 saturated heterocycles. The van der Waals surface area contributed by atoms with Gasteiger partial charge in [-0.15, -0.1) is 24.0 Å². The molecule has 0 radical (unpaired) electrons. The third kappa shape index (κ3) is 10.4. The Balaban J connectivity index is 0.00000450. The maximum Gasteiger partial charge on any atom is 0.193 e. The van der Waals surface area contributed by atoms with Crippen molar-refractivity contribution in [2.24, 2.45) is 10.4 Å². The number of benzene rings is 1. The normalized spacial score (nSPS) is 15.7. The number of rotatable bonds is 11. The summed E-state index contributed by atoms with van der Waals surface area (Å²) >= 11 is 0. The summed E-state index contributed by atoms with van der Waals surface area (Å²) in [4.78, 5) is 6.90. The van der Waals surface area contributed by atoms with E-state index >= 15 is 0 Å². The molecule has 1 aromatic rings. The molecule has 1 fully saturated rings. The van der Waals surface area contributed by atoms with Gasteiger partial charge >= 0.3 is 0 Å². The minimum Gasteiger partial charge on any atom is -0.385 e. The molecular weight excluding hydrogens is 489 g/mol. The molecule has 1 aromatic carbocycles. The highest BCUT2D eigenvalue weighted by Crippen LogP contribution is 2.23. The summed E-state index contributed by atoms with van der Waals surface area (Å²) in [5, 5.41) is 3.62. The van der Waals surface area contributed by atoms with Crippen LogP contribution in [0.2, 0.25) is 0 Å². The zero-order valence-electron chi connectivity index (χ0n) is 19.4. The Labute approximate surface area is 201 Å². The number of hydrogen-bond acceptors (Lipinski definition) is 3. The van der Waals surface area contributed by atoms with Gasteiger partial charge in [-0.1, -0.05) is 44.2 Å². The van der Waals surface area contributed by atoms with E-state index in [0.717, 1.165) is 64.5 Å². The molecule has 1 aliphatic heterocycles. The van der Waals surface area contributed by atoms with Crippen LogP contribution in [0.5, 0.6) is 0 Å². The molecule has 6 heteroatoms. The van der Waals surface area contributed by atoms with Crippen LogP contribution in [0.4, 0.5) is 0 Å². The second-order valence-electron chi connectivity index (χ2n) is 8.81. The number of ether oxygens (including phenoxy) is 2. The van der Waals surface area contributed by atoms with E-state index < -0.39 is 0 Å². The summed E-state index contributed by atoms with van der Waals surface area (Å²) in [7, 11) is 3.62. The number of guanidine groups is 1. The molecule has 1 heterocycles. The minimum absolute atomic E-state index is 0. The van der Waals surface area contributed by atoms with E-state index in [-0.39, 0.29) is 29.4 Å². The summed E-state index contributed by atoms with van der Waals surface area (Å²) in [6, 6.07) is 10.8. The Bertz CT molecular complexity index is 587. The van der Waals surface area contributed by atoms with Gasteiger partial charge < -0.3 is 19.7 Å². The molecule has 0 unspecified atom stereocenters. The summed E-state index contributed by atoms with van der Waals surface area (Å²) < 4.78 is 11.1. The van der Waals surface area contributed by atoms with Crippen LogP contribution in [-0.4, -0.2) is 64.0 Å². The van der Waals surface area contributed by atoms with Crippen LogP contribution in [-0.2, 0) is 15.9 Å². The molecule has 1 N–H and O–H groups in total. The predicted molar refractivity (Wildman–Crippen MR) is 137 cm³/mol. The van der Waals surface area contributed by atoms with Crippen LogP contribution in [0.15, 0.2) is 35.3 Å². The SMILES string of the molecule is CN=C(NCC(C)(C)CCCc1ccccc1)N1CCC(OCCCOC)CC1.I. The first-order valence-corrected chi connectivity index (χ1v) is 11.1. The van der Waals surface area contributed by atoms with Crippen LogP contribution in [0.3, 0.4) is 0 Å². The zero-order chi connectivity index (χ0) is 21.0. The highest BCUT2D eigenvalue weighted by Gasteiger charge is 2.24. The highest BCUT2D eigenvalue weighted by molar-refractivity contribution is 14.0. The first-order valence-electron chi connectivity index (χ1n) is 11.1. The number of methoxy groups -OCH3 is 1. The van der Waals surface area contributed by atoms with Crippen molar-refractivity contribution < 1.29 is 9.47 Å². The van der Waals surface area contributed by atoms with Crippen molar-refractivity contribution >= 4 is 29.9 Å².